The van der Waals surface area contributed by atoms with E-state index in [-0.39, 0.29) is 0 Å². The fourth-order valence-electron chi connectivity index (χ4n) is 2.17. The van der Waals surface area contributed by atoms with Crippen LogP contribution in [0, 0.1) is 6.92 Å². The van der Waals surface area contributed by atoms with Gasteiger partial charge in [-0.2, -0.15) is 4.98 Å². The Hall–Kier alpha value is -1.69. The molecule has 0 aromatic carbocycles. The van der Waals surface area contributed by atoms with E-state index in [9.17, 15) is 0 Å². The van der Waals surface area contributed by atoms with Crippen molar-refractivity contribution in [3.63, 3.8) is 0 Å². The molecule has 0 radical (unpaired) electrons. The molecule has 0 amide bonds. The molecule has 6 nitrogen and oxygen atoms in total. The smallest absolute Gasteiger partial charge is 0.230 e. The van der Waals surface area contributed by atoms with Crippen molar-refractivity contribution in [2.45, 2.75) is 32.1 Å². The number of hydrogen-bond donors (Lipinski definition) is 0. The van der Waals surface area contributed by atoms with E-state index in [1.807, 2.05) is 6.92 Å². The van der Waals surface area contributed by atoms with E-state index in [4.69, 9.17) is 13.7 Å². The van der Waals surface area contributed by atoms with Crippen molar-refractivity contribution in [1.82, 2.24) is 15.1 Å². The molecule has 0 spiro atoms. The number of oxazole rings is 1. The van der Waals surface area contributed by atoms with Crippen molar-refractivity contribution < 1.29 is 13.7 Å². The Morgan fingerprint density at radius 1 is 1.28 bits per heavy atom. The van der Waals surface area contributed by atoms with Crippen LogP contribution in [0.3, 0.4) is 0 Å². The van der Waals surface area contributed by atoms with Crippen molar-refractivity contribution in [3.05, 3.63) is 18.0 Å². The van der Waals surface area contributed by atoms with Crippen LogP contribution in [0.15, 0.2) is 15.3 Å². The van der Waals surface area contributed by atoms with E-state index in [2.05, 4.69) is 15.1 Å². The second-order valence-corrected chi connectivity index (χ2v) is 4.45. The fraction of sp³-hybridized carbons (Fsp3) is 0.583. The molecule has 3 rings (SSSR count). The number of nitrogens with zero attached hydrogens (tertiary/aromatic N) is 3. The highest BCUT2D eigenvalue weighted by Crippen LogP contribution is 2.28. The van der Waals surface area contributed by atoms with E-state index in [0.29, 0.717) is 29.1 Å². The highest BCUT2D eigenvalue weighted by atomic mass is 16.5. The highest BCUT2D eigenvalue weighted by Gasteiger charge is 2.22. The van der Waals surface area contributed by atoms with Gasteiger partial charge in [-0.3, -0.25) is 0 Å². The molecule has 1 fully saturated rings. The van der Waals surface area contributed by atoms with Gasteiger partial charge in [0.1, 0.15) is 5.76 Å². The van der Waals surface area contributed by atoms with Crippen LogP contribution in [-0.4, -0.2) is 28.3 Å². The molecule has 0 N–H and O–H groups in total. The Morgan fingerprint density at radius 3 is 3.06 bits per heavy atom. The average Bonchev–Trinajstić information content (AvgIpc) is 2.91. The number of hydrogen-bond acceptors (Lipinski definition) is 6. The van der Waals surface area contributed by atoms with Crippen molar-refractivity contribution in [2.75, 3.05) is 13.2 Å². The summed E-state index contributed by atoms with van der Waals surface area (Å²) >= 11 is 0. The molecule has 1 atom stereocenters. The summed E-state index contributed by atoms with van der Waals surface area (Å²) in [5.74, 6) is 2.17. The van der Waals surface area contributed by atoms with E-state index in [1.54, 1.807) is 0 Å². The van der Waals surface area contributed by atoms with Gasteiger partial charge in [0.2, 0.25) is 11.7 Å². The zero-order chi connectivity index (χ0) is 12.4. The minimum atomic E-state index is 0.293. The second kappa shape index (κ2) is 4.89. The number of aromatic nitrogens is 3. The van der Waals surface area contributed by atoms with Crippen molar-refractivity contribution in [2.24, 2.45) is 0 Å². The first kappa shape index (κ1) is 11.4. The molecule has 1 saturated heterocycles. The summed E-state index contributed by atoms with van der Waals surface area (Å²) in [7, 11) is 0. The van der Waals surface area contributed by atoms with Gasteiger partial charge in [0.15, 0.2) is 12.1 Å². The van der Waals surface area contributed by atoms with Gasteiger partial charge < -0.3 is 13.7 Å². The van der Waals surface area contributed by atoms with E-state index in [1.165, 1.54) is 6.39 Å². The molecule has 6 heteroatoms. The number of aryl methyl sites for hydroxylation is 1. The Balaban J connectivity index is 1.82. The molecule has 0 aliphatic carbocycles. The summed E-state index contributed by atoms with van der Waals surface area (Å²) < 4.78 is 15.9. The molecular weight excluding hydrogens is 234 g/mol. The van der Waals surface area contributed by atoms with Crippen LogP contribution >= 0.6 is 0 Å². The summed E-state index contributed by atoms with van der Waals surface area (Å²) in [5.41, 5.74) is 0.648. The molecule has 2 aromatic heterocycles. The van der Waals surface area contributed by atoms with Gasteiger partial charge in [-0.15, -0.1) is 0 Å². The van der Waals surface area contributed by atoms with Gasteiger partial charge in [-0.1, -0.05) is 5.16 Å². The predicted octanol–water partition coefficient (Wildman–Crippen LogP) is 2.32. The van der Waals surface area contributed by atoms with Crippen LogP contribution in [0.5, 0.6) is 0 Å². The zero-order valence-corrected chi connectivity index (χ0v) is 10.3. The lowest BCUT2D eigenvalue weighted by Crippen LogP contribution is -2.00. The Labute approximate surface area is 104 Å². The van der Waals surface area contributed by atoms with Crippen LogP contribution in [0.25, 0.3) is 11.5 Å². The standard InChI is InChI=1S/C12H15N3O3/c1-8-10(13-7-17-8)11-14-12(18-15-11)9-3-2-5-16-6-4-9/h7,9H,2-6H2,1H3. The molecular formula is C12H15N3O3. The fourth-order valence-corrected chi connectivity index (χ4v) is 2.17. The van der Waals surface area contributed by atoms with Crippen molar-refractivity contribution in [3.8, 4) is 11.5 Å². The third-order valence-corrected chi connectivity index (χ3v) is 3.20. The van der Waals surface area contributed by atoms with Crippen LogP contribution in [0.4, 0.5) is 0 Å². The third kappa shape index (κ3) is 2.15. The van der Waals surface area contributed by atoms with E-state index >= 15 is 0 Å². The molecule has 96 valence electrons. The van der Waals surface area contributed by atoms with Crippen LogP contribution in [-0.2, 0) is 4.74 Å². The maximum Gasteiger partial charge on any atom is 0.230 e. The molecule has 0 saturated carbocycles. The predicted molar refractivity (Wildman–Crippen MR) is 61.9 cm³/mol. The molecule has 3 heterocycles. The molecule has 1 aliphatic rings. The van der Waals surface area contributed by atoms with Crippen LogP contribution in [0.1, 0.15) is 36.8 Å². The number of ether oxygens (including phenoxy) is 1. The summed E-state index contributed by atoms with van der Waals surface area (Å²) in [6.07, 6.45) is 4.38. The maximum atomic E-state index is 5.43. The lowest BCUT2D eigenvalue weighted by molar-refractivity contribution is 0.142. The van der Waals surface area contributed by atoms with Gasteiger partial charge in [0.25, 0.3) is 0 Å². The summed E-state index contributed by atoms with van der Waals surface area (Å²) in [5, 5.41) is 3.98. The molecule has 2 aromatic rings. The maximum absolute atomic E-state index is 5.43. The molecule has 0 bridgehead atoms. The van der Waals surface area contributed by atoms with Gasteiger partial charge in [-0.05, 0) is 26.2 Å². The summed E-state index contributed by atoms with van der Waals surface area (Å²) in [4.78, 5) is 8.51. The van der Waals surface area contributed by atoms with Gasteiger partial charge in [0.05, 0.1) is 0 Å². The minimum Gasteiger partial charge on any atom is -0.448 e. The largest absolute Gasteiger partial charge is 0.448 e. The third-order valence-electron chi connectivity index (χ3n) is 3.20. The topological polar surface area (TPSA) is 74.2 Å². The quantitative estimate of drug-likeness (QED) is 0.813. The SMILES string of the molecule is Cc1ocnc1-c1noc(C2CCCOCC2)n1. The average molecular weight is 249 g/mol. The minimum absolute atomic E-state index is 0.293. The van der Waals surface area contributed by atoms with E-state index < -0.39 is 0 Å². The van der Waals surface area contributed by atoms with Crippen molar-refractivity contribution in [1.29, 1.82) is 0 Å². The van der Waals surface area contributed by atoms with Gasteiger partial charge >= 0.3 is 0 Å². The first-order chi connectivity index (χ1) is 8.84. The normalized spacial score (nSPS) is 20.8. The van der Waals surface area contributed by atoms with Gasteiger partial charge in [0, 0.05) is 19.1 Å². The van der Waals surface area contributed by atoms with Crippen LogP contribution in [0.2, 0.25) is 0 Å². The lowest BCUT2D eigenvalue weighted by Gasteiger charge is -2.05. The lowest BCUT2D eigenvalue weighted by atomic mass is 10.0. The van der Waals surface area contributed by atoms with E-state index in [0.717, 1.165) is 32.5 Å². The molecule has 1 aliphatic heterocycles. The van der Waals surface area contributed by atoms with Crippen LogP contribution < -0.4 is 0 Å². The molecule has 18 heavy (non-hydrogen) atoms. The van der Waals surface area contributed by atoms with Crippen molar-refractivity contribution >= 4 is 0 Å². The Kier molecular flexibility index (Phi) is 3.10. The number of rotatable bonds is 2. The Morgan fingerprint density at radius 2 is 2.22 bits per heavy atom. The first-order valence-electron chi connectivity index (χ1n) is 6.16. The Bertz CT molecular complexity index is 512. The molecule has 1 unspecified atom stereocenters. The zero-order valence-electron chi connectivity index (χ0n) is 10.3. The summed E-state index contributed by atoms with van der Waals surface area (Å²) in [6.45, 7) is 3.41. The second-order valence-electron chi connectivity index (χ2n) is 4.45. The highest BCUT2D eigenvalue weighted by molar-refractivity contribution is 5.49. The monoisotopic (exact) mass is 249 g/mol. The first-order valence-corrected chi connectivity index (χ1v) is 6.16. The van der Waals surface area contributed by atoms with Gasteiger partial charge in [-0.25, -0.2) is 4.98 Å². The summed E-state index contributed by atoms with van der Waals surface area (Å²) in [6, 6.07) is 0.